The van der Waals surface area contributed by atoms with Crippen LogP contribution < -0.4 is 10.6 Å². The summed E-state index contributed by atoms with van der Waals surface area (Å²) in [6.07, 6.45) is -9.16. The van der Waals surface area contributed by atoms with Crippen LogP contribution in [-0.4, -0.2) is 25.2 Å². The maximum absolute atomic E-state index is 12.5. The first kappa shape index (κ1) is 17.4. The fraction of sp³-hybridized carbons (Fsp3) is 0.364. The van der Waals surface area contributed by atoms with E-state index in [1.807, 2.05) is 0 Å². The van der Waals surface area contributed by atoms with Gasteiger partial charge in [0.15, 0.2) is 0 Å². The van der Waals surface area contributed by atoms with Gasteiger partial charge in [0.25, 0.3) is 0 Å². The van der Waals surface area contributed by atoms with Crippen LogP contribution in [0.5, 0.6) is 0 Å². The number of halogens is 7. The van der Waals surface area contributed by atoms with E-state index in [2.05, 4.69) is 5.32 Å². The smallest absolute Gasteiger partial charge is 0.375 e. The SMILES string of the molecule is O=C(CNc1cc(C(F)(F)F)ccc1Cl)NCC(F)(F)F. The van der Waals surface area contributed by atoms with Crippen LogP contribution in [0, 0.1) is 0 Å². The van der Waals surface area contributed by atoms with Crippen molar-refractivity contribution >= 4 is 23.2 Å². The van der Waals surface area contributed by atoms with Crippen molar-refractivity contribution in [3.05, 3.63) is 28.8 Å². The van der Waals surface area contributed by atoms with Crippen LogP contribution in [0.1, 0.15) is 5.56 Å². The second-order valence-corrected chi connectivity index (χ2v) is 4.35. The Balaban J connectivity index is 2.65. The molecule has 0 heterocycles. The zero-order valence-electron chi connectivity index (χ0n) is 10.2. The molecule has 1 rings (SSSR count). The highest BCUT2D eigenvalue weighted by Gasteiger charge is 2.31. The lowest BCUT2D eigenvalue weighted by Crippen LogP contribution is -2.37. The van der Waals surface area contributed by atoms with Gasteiger partial charge in [-0.25, -0.2) is 0 Å². The molecule has 2 N–H and O–H groups in total. The lowest BCUT2D eigenvalue weighted by Gasteiger charge is -2.13. The first-order chi connectivity index (χ1) is 9.49. The molecule has 1 aromatic carbocycles. The zero-order chi connectivity index (χ0) is 16.3. The predicted octanol–water partition coefficient (Wildman–Crippen LogP) is 3.45. The molecule has 0 bridgehead atoms. The number of rotatable bonds is 4. The highest BCUT2D eigenvalue weighted by atomic mass is 35.5. The Kier molecular flexibility index (Phi) is 5.32. The first-order valence-corrected chi connectivity index (χ1v) is 5.81. The van der Waals surface area contributed by atoms with Crippen molar-refractivity contribution in [3.63, 3.8) is 0 Å². The molecule has 0 aliphatic heterocycles. The Labute approximate surface area is 120 Å². The van der Waals surface area contributed by atoms with Crippen molar-refractivity contribution in [2.24, 2.45) is 0 Å². The summed E-state index contributed by atoms with van der Waals surface area (Å²) >= 11 is 5.64. The summed E-state index contributed by atoms with van der Waals surface area (Å²) in [5, 5.41) is 3.72. The van der Waals surface area contributed by atoms with E-state index in [0.717, 1.165) is 12.1 Å². The van der Waals surface area contributed by atoms with Gasteiger partial charge >= 0.3 is 12.4 Å². The number of benzene rings is 1. The predicted molar refractivity (Wildman–Crippen MR) is 64.0 cm³/mol. The molecule has 10 heteroatoms. The van der Waals surface area contributed by atoms with Crippen LogP contribution in [0.25, 0.3) is 0 Å². The fourth-order valence-corrected chi connectivity index (χ4v) is 1.46. The van der Waals surface area contributed by atoms with E-state index in [-0.39, 0.29) is 10.7 Å². The highest BCUT2D eigenvalue weighted by molar-refractivity contribution is 6.33. The van der Waals surface area contributed by atoms with Crippen LogP contribution in [0.15, 0.2) is 18.2 Å². The van der Waals surface area contributed by atoms with Crippen molar-refractivity contribution in [2.45, 2.75) is 12.4 Å². The van der Waals surface area contributed by atoms with Gasteiger partial charge in [-0.2, -0.15) is 26.3 Å². The average molecular weight is 335 g/mol. The lowest BCUT2D eigenvalue weighted by molar-refractivity contribution is -0.137. The van der Waals surface area contributed by atoms with E-state index in [9.17, 15) is 31.1 Å². The molecule has 0 aliphatic rings. The van der Waals surface area contributed by atoms with Gasteiger partial charge in [0.2, 0.25) is 5.91 Å². The van der Waals surface area contributed by atoms with E-state index < -0.39 is 36.9 Å². The minimum absolute atomic E-state index is 0.0911. The molecule has 0 unspecified atom stereocenters. The maximum Gasteiger partial charge on any atom is 0.416 e. The van der Waals surface area contributed by atoms with Crippen LogP contribution in [0.3, 0.4) is 0 Å². The maximum atomic E-state index is 12.5. The summed E-state index contributed by atoms with van der Waals surface area (Å²) in [6, 6.07) is 2.39. The van der Waals surface area contributed by atoms with Crippen molar-refractivity contribution in [2.75, 3.05) is 18.4 Å². The molecule has 0 saturated carbocycles. The molecule has 0 saturated heterocycles. The van der Waals surface area contributed by atoms with Crippen LogP contribution in [0.2, 0.25) is 5.02 Å². The van der Waals surface area contributed by atoms with Gasteiger partial charge in [-0.05, 0) is 18.2 Å². The molecule has 0 spiro atoms. The number of anilines is 1. The van der Waals surface area contributed by atoms with Crippen molar-refractivity contribution in [3.8, 4) is 0 Å². The summed E-state index contributed by atoms with van der Waals surface area (Å²) in [5.74, 6) is -1.03. The monoisotopic (exact) mass is 334 g/mol. The standard InChI is InChI=1S/C11H9ClF6N2O/c12-7-2-1-6(11(16,17)18)3-8(7)19-4-9(21)20-5-10(13,14)15/h1-3,19H,4-5H2,(H,20,21). The molecular weight excluding hydrogens is 326 g/mol. The van der Waals surface area contributed by atoms with Gasteiger partial charge in [0.1, 0.15) is 6.54 Å². The first-order valence-electron chi connectivity index (χ1n) is 5.43. The molecule has 3 nitrogen and oxygen atoms in total. The van der Waals surface area contributed by atoms with Crippen LogP contribution in [-0.2, 0) is 11.0 Å². The number of carbonyl (C=O) groups is 1. The molecule has 0 radical (unpaired) electrons. The Morgan fingerprint density at radius 3 is 2.29 bits per heavy atom. The van der Waals surface area contributed by atoms with Crippen LogP contribution >= 0.6 is 11.6 Å². The van der Waals surface area contributed by atoms with E-state index >= 15 is 0 Å². The summed E-state index contributed by atoms with van der Waals surface area (Å²) < 4.78 is 73.0. The summed E-state index contributed by atoms with van der Waals surface area (Å²) in [5.41, 5.74) is -1.20. The number of hydrogen-bond acceptors (Lipinski definition) is 2. The Hall–Kier alpha value is -1.64. The van der Waals surface area contributed by atoms with Crippen molar-refractivity contribution in [1.82, 2.24) is 5.32 Å². The molecule has 1 amide bonds. The molecule has 0 atom stereocenters. The minimum Gasteiger partial charge on any atom is -0.375 e. The fourth-order valence-electron chi connectivity index (χ4n) is 1.27. The highest BCUT2D eigenvalue weighted by Crippen LogP contribution is 2.33. The number of carbonyl (C=O) groups excluding carboxylic acids is 1. The Morgan fingerprint density at radius 1 is 1.14 bits per heavy atom. The molecule has 0 aliphatic carbocycles. The van der Waals surface area contributed by atoms with Gasteiger partial charge in [0, 0.05) is 0 Å². The lowest BCUT2D eigenvalue weighted by atomic mass is 10.2. The summed E-state index contributed by atoms with van der Waals surface area (Å²) in [7, 11) is 0. The Morgan fingerprint density at radius 2 is 1.76 bits per heavy atom. The quantitative estimate of drug-likeness (QED) is 0.828. The molecular formula is C11H9ClF6N2O. The molecule has 21 heavy (non-hydrogen) atoms. The van der Waals surface area contributed by atoms with Gasteiger partial charge in [-0.15, -0.1) is 0 Å². The van der Waals surface area contributed by atoms with Gasteiger partial charge < -0.3 is 10.6 Å². The van der Waals surface area contributed by atoms with Crippen LogP contribution in [0.4, 0.5) is 32.0 Å². The number of alkyl halides is 6. The average Bonchev–Trinajstić information content (AvgIpc) is 2.33. The molecule has 1 aromatic rings. The third-order valence-corrected chi connectivity index (χ3v) is 2.55. The van der Waals surface area contributed by atoms with Crippen molar-refractivity contribution in [1.29, 1.82) is 0 Å². The third kappa shape index (κ3) is 6.11. The zero-order valence-corrected chi connectivity index (χ0v) is 11.0. The largest absolute Gasteiger partial charge is 0.416 e. The summed E-state index contributed by atoms with van der Waals surface area (Å²) in [4.78, 5) is 11.1. The van der Waals surface area contributed by atoms with E-state index in [4.69, 9.17) is 11.6 Å². The van der Waals surface area contributed by atoms with E-state index in [1.54, 1.807) is 5.32 Å². The van der Waals surface area contributed by atoms with Gasteiger partial charge in [-0.3, -0.25) is 4.79 Å². The third-order valence-electron chi connectivity index (χ3n) is 2.22. The summed E-state index contributed by atoms with van der Waals surface area (Å²) in [6.45, 7) is -2.17. The second kappa shape index (κ2) is 6.42. The van der Waals surface area contributed by atoms with E-state index in [0.29, 0.717) is 6.07 Å². The van der Waals surface area contributed by atoms with E-state index in [1.165, 1.54) is 0 Å². The number of amides is 1. The number of hydrogen-bond donors (Lipinski definition) is 2. The topological polar surface area (TPSA) is 41.1 Å². The Bertz CT molecular complexity index is 514. The minimum atomic E-state index is -4.60. The number of nitrogens with one attached hydrogen (secondary N) is 2. The van der Waals surface area contributed by atoms with Gasteiger partial charge in [-0.1, -0.05) is 11.6 Å². The van der Waals surface area contributed by atoms with Crippen molar-refractivity contribution < 1.29 is 31.1 Å². The van der Waals surface area contributed by atoms with Gasteiger partial charge in [0.05, 0.1) is 22.8 Å². The molecule has 0 fully saturated rings. The normalized spacial score (nSPS) is 12.1. The molecule has 0 aromatic heterocycles. The second-order valence-electron chi connectivity index (χ2n) is 3.94. The molecule has 118 valence electrons.